The second-order valence-corrected chi connectivity index (χ2v) is 4.82. The quantitative estimate of drug-likeness (QED) is 0.741. The van der Waals surface area contributed by atoms with Gasteiger partial charge in [-0.3, -0.25) is 0 Å². The summed E-state index contributed by atoms with van der Waals surface area (Å²) in [4.78, 5) is 15.7. The van der Waals surface area contributed by atoms with Crippen LogP contribution in [0.2, 0.25) is 0 Å². The number of nitrogens with zero attached hydrogens (tertiary/aromatic N) is 1. The zero-order valence-corrected chi connectivity index (χ0v) is 12.1. The number of rotatable bonds is 3. The van der Waals surface area contributed by atoms with Gasteiger partial charge in [-0.1, -0.05) is 18.2 Å². The van der Waals surface area contributed by atoms with Gasteiger partial charge in [0.25, 0.3) is 0 Å². The van der Waals surface area contributed by atoms with Crippen LogP contribution in [0, 0.1) is 11.6 Å². The molecular formula is C17H12F2N2O2. The summed E-state index contributed by atoms with van der Waals surface area (Å²) in [7, 11) is 1.22. The molecule has 0 radical (unpaired) electrons. The van der Waals surface area contributed by atoms with Crippen molar-refractivity contribution in [1.82, 2.24) is 4.98 Å². The van der Waals surface area contributed by atoms with Crippen LogP contribution in [0.4, 0.5) is 20.2 Å². The van der Waals surface area contributed by atoms with E-state index >= 15 is 0 Å². The topological polar surface area (TPSA) is 51.2 Å². The largest absolute Gasteiger partial charge is 0.464 e. The molecule has 3 rings (SSSR count). The highest BCUT2D eigenvalue weighted by Gasteiger charge is 2.15. The van der Waals surface area contributed by atoms with E-state index in [1.54, 1.807) is 18.2 Å². The molecule has 6 heteroatoms. The lowest BCUT2D eigenvalue weighted by atomic mass is 10.1. The molecule has 0 unspecified atom stereocenters. The van der Waals surface area contributed by atoms with Gasteiger partial charge in [-0.15, -0.1) is 0 Å². The first-order chi connectivity index (χ1) is 11.1. The van der Waals surface area contributed by atoms with E-state index < -0.39 is 17.6 Å². The fourth-order valence-corrected chi connectivity index (χ4v) is 2.25. The van der Waals surface area contributed by atoms with E-state index in [-0.39, 0.29) is 11.2 Å². The maximum atomic E-state index is 14.0. The van der Waals surface area contributed by atoms with Crippen LogP contribution in [0.15, 0.2) is 48.5 Å². The van der Waals surface area contributed by atoms with Gasteiger partial charge in [-0.2, -0.15) is 0 Å². The Morgan fingerprint density at radius 2 is 1.91 bits per heavy atom. The third kappa shape index (κ3) is 2.96. The molecule has 0 bridgehead atoms. The fourth-order valence-electron chi connectivity index (χ4n) is 2.25. The van der Waals surface area contributed by atoms with E-state index in [1.807, 2.05) is 0 Å². The summed E-state index contributed by atoms with van der Waals surface area (Å²) in [6.45, 7) is 0. The highest BCUT2D eigenvalue weighted by Crippen LogP contribution is 2.28. The number of pyridine rings is 1. The number of hydrogen-bond acceptors (Lipinski definition) is 4. The van der Waals surface area contributed by atoms with Gasteiger partial charge in [-0.05, 0) is 30.3 Å². The zero-order chi connectivity index (χ0) is 16.4. The van der Waals surface area contributed by atoms with Crippen LogP contribution in [0.25, 0.3) is 10.9 Å². The molecule has 2 aromatic carbocycles. The Balaban J connectivity index is 2.17. The lowest BCUT2D eigenvalue weighted by Gasteiger charge is -2.12. The van der Waals surface area contributed by atoms with Crippen molar-refractivity contribution in [2.75, 3.05) is 12.4 Å². The van der Waals surface area contributed by atoms with Crippen molar-refractivity contribution in [1.29, 1.82) is 0 Å². The predicted molar refractivity (Wildman–Crippen MR) is 82.7 cm³/mol. The first-order valence-electron chi connectivity index (χ1n) is 6.78. The Morgan fingerprint density at radius 3 is 2.65 bits per heavy atom. The van der Waals surface area contributed by atoms with Crippen LogP contribution in [0.3, 0.4) is 0 Å². The molecule has 1 aromatic heterocycles. The summed E-state index contributed by atoms with van der Waals surface area (Å²) < 4.78 is 32.0. The number of methoxy groups -OCH3 is 1. The van der Waals surface area contributed by atoms with Gasteiger partial charge in [0.1, 0.15) is 17.2 Å². The molecule has 0 aliphatic rings. The summed E-state index contributed by atoms with van der Waals surface area (Å²) in [5, 5.41) is 3.45. The molecule has 1 heterocycles. The minimum Gasteiger partial charge on any atom is -0.464 e. The molecular weight excluding hydrogens is 302 g/mol. The van der Waals surface area contributed by atoms with Crippen LogP contribution in [-0.4, -0.2) is 18.1 Å². The molecule has 0 saturated carbocycles. The van der Waals surface area contributed by atoms with Gasteiger partial charge in [0.05, 0.1) is 12.8 Å². The minimum atomic E-state index is -0.683. The van der Waals surface area contributed by atoms with Crippen LogP contribution < -0.4 is 5.32 Å². The number of carbonyl (C=O) groups is 1. The monoisotopic (exact) mass is 314 g/mol. The van der Waals surface area contributed by atoms with Crippen LogP contribution in [0.5, 0.6) is 0 Å². The normalized spacial score (nSPS) is 10.6. The third-order valence-corrected chi connectivity index (χ3v) is 3.29. The third-order valence-electron chi connectivity index (χ3n) is 3.29. The van der Waals surface area contributed by atoms with Gasteiger partial charge in [-0.25, -0.2) is 18.6 Å². The van der Waals surface area contributed by atoms with Gasteiger partial charge >= 0.3 is 5.97 Å². The molecule has 0 spiro atoms. The lowest BCUT2D eigenvalue weighted by molar-refractivity contribution is 0.0594. The number of hydrogen-bond donors (Lipinski definition) is 1. The van der Waals surface area contributed by atoms with Crippen molar-refractivity contribution in [3.05, 3.63) is 65.9 Å². The van der Waals surface area contributed by atoms with E-state index in [1.165, 1.54) is 37.4 Å². The number of halogens is 2. The zero-order valence-electron chi connectivity index (χ0n) is 12.1. The van der Waals surface area contributed by atoms with Gasteiger partial charge in [0.2, 0.25) is 0 Å². The number of carbonyl (C=O) groups excluding carboxylic acids is 1. The summed E-state index contributed by atoms with van der Waals surface area (Å²) in [5.41, 5.74) is 0.899. The molecule has 0 aliphatic heterocycles. The number of fused-ring (bicyclic) bond motifs is 1. The fraction of sp³-hybridized carbons (Fsp3) is 0.0588. The maximum absolute atomic E-state index is 14.0. The summed E-state index contributed by atoms with van der Waals surface area (Å²) in [6.07, 6.45) is 0. The van der Waals surface area contributed by atoms with Gasteiger partial charge in [0.15, 0.2) is 5.69 Å². The Bertz CT molecular complexity index is 897. The first kappa shape index (κ1) is 14.9. The summed E-state index contributed by atoms with van der Waals surface area (Å²) in [6, 6.07) is 11.7. The molecule has 3 aromatic rings. The second-order valence-electron chi connectivity index (χ2n) is 4.82. The lowest BCUT2D eigenvalue weighted by Crippen LogP contribution is -2.06. The number of aromatic nitrogens is 1. The number of ether oxygens (including phenoxy) is 1. The molecule has 0 atom stereocenters. The highest BCUT2D eigenvalue weighted by atomic mass is 19.1. The predicted octanol–water partition coefficient (Wildman–Crippen LogP) is 4.04. The molecule has 0 aliphatic carbocycles. The number of para-hydroxylation sites is 1. The summed E-state index contributed by atoms with van der Waals surface area (Å²) in [5.74, 6) is -1.65. The molecule has 4 nitrogen and oxygen atoms in total. The minimum absolute atomic E-state index is 0.0364. The second kappa shape index (κ2) is 6.00. The van der Waals surface area contributed by atoms with Crippen LogP contribution >= 0.6 is 0 Å². The van der Waals surface area contributed by atoms with E-state index in [4.69, 9.17) is 0 Å². The van der Waals surface area contributed by atoms with Gasteiger partial charge in [0, 0.05) is 11.1 Å². The smallest absolute Gasteiger partial charge is 0.356 e. The standard InChI is InChI=1S/C17H12F2N2O2/c1-23-17(22)15-9-14(20-11-5-2-4-10(18)8-11)12-6-3-7-13(19)16(12)21-15/h2-9H,1H3,(H,20,21). The van der Waals surface area contributed by atoms with Crippen molar-refractivity contribution in [3.8, 4) is 0 Å². The van der Waals surface area contributed by atoms with E-state index in [9.17, 15) is 13.6 Å². The van der Waals surface area contributed by atoms with Gasteiger partial charge < -0.3 is 10.1 Å². The van der Waals surface area contributed by atoms with E-state index in [0.717, 1.165) is 0 Å². The van der Waals surface area contributed by atoms with E-state index in [2.05, 4.69) is 15.0 Å². The average Bonchev–Trinajstić information content (AvgIpc) is 2.55. The number of nitrogens with one attached hydrogen (secondary N) is 1. The molecule has 116 valence electrons. The molecule has 0 fully saturated rings. The van der Waals surface area contributed by atoms with Crippen molar-refractivity contribution >= 4 is 28.2 Å². The number of anilines is 2. The molecule has 0 amide bonds. The SMILES string of the molecule is COC(=O)c1cc(Nc2cccc(F)c2)c2cccc(F)c2n1. The Labute approximate surface area is 130 Å². The van der Waals surface area contributed by atoms with Crippen LogP contribution in [0.1, 0.15) is 10.5 Å². The first-order valence-corrected chi connectivity index (χ1v) is 6.78. The van der Waals surface area contributed by atoms with Crippen molar-refractivity contribution in [2.24, 2.45) is 0 Å². The molecule has 1 N–H and O–H groups in total. The number of esters is 1. The van der Waals surface area contributed by atoms with E-state index in [0.29, 0.717) is 16.8 Å². The highest BCUT2D eigenvalue weighted by molar-refractivity contribution is 5.98. The van der Waals surface area contributed by atoms with Crippen molar-refractivity contribution < 1.29 is 18.3 Å². The summed E-state index contributed by atoms with van der Waals surface area (Å²) >= 11 is 0. The Hall–Kier alpha value is -3.02. The Morgan fingerprint density at radius 1 is 1.13 bits per heavy atom. The van der Waals surface area contributed by atoms with Crippen molar-refractivity contribution in [3.63, 3.8) is 0 Å². The maximum Gasteiger partial charge on any atom is 0.356 e. The van der Waals surface area contributed by atoms with Crippen molar-refractivity contribution in [2.45, 2.75) is 0 Å². The molecule has 0 saturated heterocycles. The van der Waals surface area contributed by atoms with Crippen LogP contribution in [-0.2, 0) is 4.74 Å². The average molecular weight is 314 g/mol. The Kier molecular flexibility index (Phi) is 3.89. The molecule has 23 heavy (non-hydrogen) atoms. The number of benzene rings is 2.